The van der Waals surface area contributed by atoms with Crippen LogP contribution in [-0.4, -0.2) is 55.4 Å². The highest BCUT2D eigenvalue weighted by Gasteiger charge is 2.24. The van der Waals surface area contributed by atoms with Gasteiger partial charge in [-0.1, -0.05) is 19.1 Å². The van der Waals surface area contributed by atoms with E-state index < -0.39 is 5.91 Å². The number of hydrazone groups is 1. The number of anilines is 1. The first-order valence-electron chi connectivity index (χ1n) is 8.37. The second kappa shape index (κ2) is 9.03. The molecule has 0 spiro atoms. The topological polar surface area (TPSA) is 140 Å². The van der Waals surface area contributed by atoms with Crippen molar-refractivity contribution in [1.82, 2.24) is 35.6 Å². The van der Waals surface area contributed by atoms with E-state index in [-0.39, 0.29) is 17.3 Å². The summed E-state index contributed by atoms with van der Waals surface area (Å²) in [5.74, 6) is -0.255. The van der Waals surface area contributed by atoms with Gasteiger partial charge in [0, 0.05) is 11.4 Å². The first-order chi connectivity index (χ1) is 13.5. The fraction of sp³-hybridized carbons (Fsp3) is 0.333. The summed E-state index contributed by atoms with van der Waals surface area (Å²) in [6, 6.07) is 3.78. The van der Waals surface area contributed by atoms with E-state index in [0.717, 1.165) is 21.8 Å². The van der Waals surface area contributed by atoms with Crippen molar-refractivity contribution in [1.29, 1.82) is 0 Å². The Morgan fingerprint density at radius 3 is 2.82 bits per heavy atom. The molecule has 3 rings (SSSR count). The predicted octanol–water partition coefficient (Wildman–Crippen LogP) is 1.66. The summed E-state index contributed by atoms with van der Waals surface area (Å²) in [6.07, 6.45) is 1.56. The van der Waals surface area contributed by atoms with E-state index >= 15 is 0 Å². The van der Waals surface area contributed by atoms with E-state index in [1.54, 1.807) is 6.21 Å². The first-order valence-corrected chi connectivity index (χ1v) is 9.98. The third-order valence-electron chi connectivity index (χ3n) is 3.89. The van der Waals surface area contributed by atoms with Gasteiger partial charge in [-0.25, -0.2) is 10.1 Å². The number of carbonyl (C=O) groups excluding carboxylic acids is 1. The number of nitrogen functional groups attached to an aromatic ring is 1. The molecule has 0 bridgehead atoms. The van der Waals surface area contributed by atoms with Crippen LogP contribution in [0.15, 0.2) is 25.6 Å². The van der Waals surface area contributed by atoms with Crippen molar-refractivity contribution in [3.8, 4) is 5.82 Å². The van der Waals surface area contributed by atoms with Gasteiger partial charge in [0.2, 0.25) is 11.6 Å². The third-order valence-corrected chi connectivity index (χ3v) is 5.45. The molecule has 13 heteroatoms. The molecule has 0 aliphatic rings. The molecule has 3 aromatic heterocycles. The summed E-state index contributed by atoms with van der Waals surface area (Å²) < 4.78 is 6.98. The van der Waals surface area contributed by atoms with E-state index in [2.05, 4.69) is 56.6 Å². The van der Waals surface area contributed by atoms with Crippen LogP contribution in [0.25, 0.3) is 5.82 Å². The second-order valence-corrected chi connectivity index (χ2v) is 8.07. The minimum absolute atomic E-state index is 0.0546. The number of hydrogen-bond donors (Lipinski definition) is 2. The van der Waals surface area contributed by atoms with Gasteiger partial charge in [-0.2, -0.15) is 9.78 Å². The summed E-state index contributed by atoms with van der Waals surface area (Å²) in [4.78, 5) is 15.6. The van der Waals surface area contributed by atoms with Gasteiger partial charge in [0.15, 0.2) is 5.69 Å². The Hall–Kier alpha value is -2.64. The second-order valence-electron chi connectivity index (χ2n) is 5.57. The van der Waals surface area contributed by atoms with Crippen molar-refractivity contribution in [2.24, 2.45) is 5.10 Å². The smallest absolute Gasteiger partial charge is 0.293 e. The van der Waals surface area contributed by atoms with Crippen LogP contribution in [0.5, 0.6) is 0 Å². The Morgan fingerprint density at radius 2 is 2.21 bits per heavy atom. The van der Waals surface area contributed by atoms with Crippen LogP contribution in [0.2, 0.25) is 0 Å². The van der Waals surface area contributed by atoms with Crippen molar-refractivity contribution in [3.63, 3.8) is 0 Å². The molecule has 11 nitrogen and oxygen atoms in total. The van der Waals surface area contributed by atoms with Gasteiger partial charge < -0.3 is 5.73 Å². The van der Waals surface area contributed by atoms with Gasteiger partial charge in [0.05, 0.1) is 15.7 Å². The Morgan fingerprint density at radius 1 is 1.43 bits per heavy atom. The summed E-state index contributed by atoms with van der Waals surface area (Å²) in [5, 5.41) is 19.3. The molecule has 0 atom stereocenters. The van der Waals surface area contributed by atoms with Crippen LogP contribution >= 0.6 is 27.3 Å². The molecule has 28 heavy (non-hydrogen) atoms. The number of nitrogens with two attached hydrogens (primary N) is 1. The number of carbonyl (C=O) groups is 1. The fourth-order valence-electron chi connectivity index (χ4n) is 2.39. The predicted molar refractivity (Wildman–Crippen MR) is 107 cm³/mol. The van der Waals surface area contributed by atoms with Crippen LogP contribution in [0, 0.1) is 0 Å². The van der Waals surface area contributed by atoms with E-state index in [4.69, 9.17) is 5.73 Å². The number of aromatic nitrogens is 5. The maximum Gasteiger partial charge on any atom is 0.293 e. The summed E-state index contributed by atoms with van der Waals surface area (Å²) in [5.41, 5.74) is 8.88. The molecule has 0 aliphatic heterocycles. The van der Waals surface area contributed by atoms with Gasteiger partial charge in [0.25, 0.3) is 5.91 Å². The van der Waals surface area contributed by atoms with Gasteiger partial charge in [-0.05, 0) is 51.5 Å². The molecule has 148 valence electrons. The van der Waals surface area contributed by atoms with Crippen LogP contribution in [0.1, 0.15) is 34.9 Å². The molecular formula is C15H18BrN9O2S. The zero-order valence-corrected chi connectivity index (χ0v) is 17.6. The highest BCUT2D eigenvalue weighted by atomic mass is 79.9. The van der Waals surface area contributed by atoms with Gasteiger partial charge in [-0.15, -0.1) is 16.4 Å². The zero-order chi connectivity index (χ0) is 20.1. The van der Waals surface area contributed by atoms with E-state index in [0.29, 0.717) is 12.2 Å². The third kappa shape index (κ3) is 4.43. The quantitative estimate of drug-likeness (QED) is 0.376. The van der Waals surface area contributed by atoms with E-state index in [1.165, 1.54) is 16.0 Å². The maximum atomic E-state index is 12.6. The molecule has 0 aliphatic carbocycles. The van der Waals surface area contributed by atoms with Crippen LogP contribution in [-0.2, 0) is 6.54 Å². The normalized spacial score (nSPS) is 11.6. The Kier molecular flexibility index (Phi) is 6.49. The molecule has 0 fully saturated rings. The maximum absolute atomic E-state index is 12.6. The average molecular weight is 468 g/mol. The summed E-state index contributed by atoms with van der Waals surface area (Å²) in [7, 11) is 0. The van der Waals surface area contributed by atoms with E-state index in [1.807, 2.05) is 26.0 Å². The lowest BCUT2D eigenvalue weighted by atomic mass is 10.2. The summed E-state index contributed by atoms with van der Waals surface area (Å²) in [6.45, 7) is 6.01. The fourth-order valence-corrected chi connectivity index (χ4v) is 3.69. The SMILES string of the molecule is CCN(CC)Cc1c(C(=O)N/N=C/c2ccc(Br)s2)nnn1-c1nonc1N. The molecule has 0 aromatic carbocycles. The lowest BCUT2D eigenvalue weighted by Crippen LogP contribution is -2.27. The number of thiophene rings is 1. The van der Waals surface area contributed by atoms with Gasteiger partial charge >= 0.3 is 0 Å². The number of amides is 1. The number of nitrogens with one attached hydrogen (secondary N) is 1. The lowest BCUT2D eigenvalue weighted by molar-refractivity contribution is 0.0948. The first kappa shape index (κ1) is 20.1. The Labute approximate surface area is 172 Å². The zero-order valence-electron chi connectivity index (χ0n) is 15.2. The van der Waals surface area contributed by atoms with Gasteiger partial charge in [0.1, 0.15) is 0 Å². The average Bonchev–Trinajstić information content (AvgIpc) is 3.39. The van der Waals surface area contributed by atoms with Crippen LogP contribution in [0.3, 0.4) is 0 Å². The van der Waals surface area contributed by atoms with Crippen molar-refractivity contribution < 1.29 is 9.42 Å². The standard InChI is InChI=1S/C15H18BrN9O2S/c1-3-24(4-2)8-10-12(19-23-25(10)14-13(17)21-27-22-14)15(26)20-18-7-9-5-6-11(16)28-9/h5-7H,3-4,8H2,1-2H3,(H2,17,21)(H,20,26)/b18-7+. The van der Waals surface area contributed by atoms with Crippen LogP contribution in [0.4, 0.5) is 5.82 Å². The minimum Gasteiger partial charge on any atom is -0.378 e. The van der Waals surface area contributed by atoms with Gasteiger partial charge in [-0.3, -0.25) is 9.69 Å². The molecule has 3 N–H and O–H groups in total. The van der Waals surface area contributed by atoms with E-state index in [9.17, 15) is 4.79 Å². The monoisotopic (exact) mass is 467 g/mol. The molecule has 3 aromatic rings. The van der Waals surface area contributed by atoms with Crippen molar-refractivity contribution >= 4 is 45.2 Å². The van der Waals surface area contributed by atoms with Crippen molar-refractivity contribution in [2.45, 2.75) is 20.4 Å². The number of halogens is 1. The Bertz CT molecular complexity index is 976. The Balaban J connectivity index is 1.86. The van der Waals surface area contributed by atoms with Crippen molar-refractivity contribution in [2.75, 3.05) is 18.8 Å². The minimum atomic E-state index is -0.490. The molecule has 0 unspecified atom stereocenters. The molecule has 1 amide bonds. The molecule has 3 heterocycles. The molecule has 0 saturated carbocycles. The number of nitrogens with zero attached hydrogens (tertiary/aromatic N) is 7. The lowest BCUT2D eigenvalue weighted by Gasteiger charge is -2.18. The number of rotatable bonds is 8. The highest BCUT2D eigenvalue weighted by Crippen LogP contribution is 2.20. The molecule has 0 saturated heterocycles. The highest BCUT2D eigenvalue weighted by molar-refractivity contribution is 9.11. The molecular weight excluding hydrogens is 450 g/mol. The summed E-state index contributed by atoms with van der Waals surface area (Å²) >= 11 is 4.87. The largest absolute Gasteiger partial charge is 0.378 e. The van der Waals surface area contributed by atoms with Crippen LogP contribution < -0.4 is 11.2 Å². The number of hydrogen-bond acceptors (Lipinski definition) is 10. The molecule has 0 radical (unpaired) electrons. The van der Waals surface area contributed by atoms with Crippen molar-refractivity contribution in [3.05, 3.63) is 32.2 Å².